The van der Waals surface area contributed by atoms with Gasteiger partial charge in [0.1, 0.15) is 0 Å². The first-order valence-electron chi connectivity index (χ1n) is 9.50. The molecule has 3 heteroatoms. The summed E-state index contributed by atoms with van der Waals surface area (Å²) in [6, 6.07) is 4.73. The van der Waals surface area contributed by atoms with E-state index >= 15 is 0 Å². The molecule has 0 aliphatic heterocycles. The van der Waals surface area contributed by atoms with Crippen LogP contribution in [0.3, 0.4) is 0 Å². The van der Waals surface area contributed by atoms with Gasteiger partial charge in [-0.15, -0.1) is 0 Å². The van der Waals surface area contributed by atoms with Crippen LogP contribution in [-0.2, 0) is 4.79 Å². The van der Waals surface area contributed by atoms with Crippen LogP contribution >= 0.6 is 0 Å². The van der Waals surface area contributed by atoms with Gasteiger partial charge in [-0.1, -0.05) is 25.8 Å². The number of carbonyl (C=O) groups excluding carboxylic acids is 1. The first-order valence-corrected chi connectivity index (χ1v) is 9.50. The predicted octanol–water partition coefficient (Wildman–Crippen LogP) is 6.16. The number of ether oxygens (including phenoxy) is 1. The molecule has 0 saturated heterocycles. The van der Waals surface area contributed by atoms with Crippen LogP contribution in [0.25, 0.3) is 0 Å². The van der Waals surface area contributed by atoms with Crippen molar-refractivity contribution in [3.05, 3.63) is 29.6 Å². The lowest BCUT2D eigenvalue weighted by Crippen LogP contribution is -2.30. The van der Waals surface area contributed by atoms with E-state index in [0.29, 0.717) is 0 Å². The van der Waals surface area contributed by atoms with Crippen molar-refractivity contribution in [3.8, 4) is 5.75 Å². The Bertz CT molecular complexity index is 577. The van der Waals surface area contributed by atoms with Crippen molar-refractivity contribution in [1.82, 2.24) is 0 Å². The monoisotopic (exact) mass is 336 g/mol. The highest BCUT2D eigenvalue weighted by Gasteiger charge is 2.33. The fourth-order valence-corrected chi connectivity index (χ4v) is 4.46. The Morgan fingerprint density at radius 3 is 2.21 bits per heavy atom. The lowest BCUT2D eigenvalue weighted by Gasteiger charge is -2.36. The van der Waals surface area contributed by atoms with Gasteiger partial charge < -0.3 is 4.74 Å². The van der Waals surface area contributed by atoms with Gasteiger partial charge in [0.2, 0.25) is 0 Å². The van der Waals surface area contributed by atoms with E-state index in [0.717, 1.165) is 49.0 Å². The minimum absolute atomic E-state index is 0. The minimum Gasteiger partial charge on any atom is -0.423 e. The fourth-order valence-electron chi connectivity index (χ4n) is 4.46. The summed E-state index contributed by atoms with van der Waals surface area (Å²) in [6.45, 7) is 4.18. The van der Waals surface area contributed by atoms with Gasteiger partial charge in [0.05, 0.1) is 5.92 Å². The van der Waals surface area contributed by atoms with Crippen LogP contribution < -0.4 is 4.74 Å². The van der Waals surface area contributed by atoms with Crippen molar-refractivity contribution in [2.24, 2.45) is 23.7 Å². The zero-order chi connectivity index (χ0) is 17.1. The van der Waals surface area contributed by atoms with Crippen molar-refractivity contribution in [3.63, 3.8) is 0 Å². The molecule has 24 heavy (non-hydrogen) atoms. The van der Waals surface area contributed by atoms with Crippen molar-refractivity contribution < 1.29 is 16.8 Å². The quantitative estimate of drug-likeness (QED) is 0.488. The van der Waals surface area contributed by atoms with Crippen molar-refractivity contribution in [2.75, 3.05) is 0 Å². The van der Waals surface area contributed by atoms with Crippen LogP contribution in [0.5, 0.6) is 5.75 Å². The molecular formula is C21H33FO2. The highest BCUT2D eigenvalue weighted by Crippen LogP contribution is 2.41. The molecule has 0 aromatic heterocycles. The first-order chi connectivity index (χ1) is 11.5. The largest absolute Gasteiger partial charge is 0.423 e. The van der Waals surface area contributed by atoms with Crippen molar-refractivity contribution >= 4 is 5.97 Å². The van der Waals surface area contributed by atoms with E-state index in [1.165, 1.54) is 31.7 Å². The molecule has 0 atom stereocenters. The van der Waals surface area contributed by atoms with Crippen molar-refractivity contribution in [2.45, 2.75) is 65.2 Å². The molecule has 0 amide bonds. The lowest BCUT2D eigenvalue weighted by molar-refractivity contribution is -0.140. The fraction of sp³-hybridized carbons (Fsp3) is 0.667. The van der Waals surface area contributed by atoms with Gasteiger partial charge >= 0.3 is 5.97 Å². The average molecular weight is 336 g/mol. The van der Waals surface area contributed by atoms with E-state index in [1.54, 1.807) is 12.1 Å². The Balaban J connectivity index is 0.00000169. The molecule has 0 radical (unpaired) electrons. The first kappa shape index (κ1) is 17.4. The Morgan fingerprint density at radius 1 is 1.04 bits per heavy atom. The lowest BCUT2D eigenvalue weighted by atomic mass is 9.69. The third kappa shape index (κ3) is 4.17. The molecule has 0 spiro atoms. The Morgan fingerprint density at radius 2 is 1.62 bits per heavy atom. The summed E-state index contributed by atoms with van der Waals surface area (Å²) < 4.78 is 19.2. The van der Waals surface area contributed by atoms with Crippen LogP contribution in [0, 0.1) is 36.4 Å². The van der Waals surface area contributed by atoms with Gasteiger partial charge in [-0.05, 0) is 80.9 Å². The van der Waals surface area contributed by atoms with Crippen LogP contribution in [0.2, 0.25) is 0 Å². The maximum absolute atomic E-state index is 13.8. The Hall–Kier alpha value is -1.38. The molecular weight excluding hydrogens is 303 g/mol. The molecule has 0 N–H and O–H groups in total. The summed E-state index contributed by atoms with van der Waals surface area (Å²) in [5, 5.41) is 0. The normalized spacial score (nSPS) is 30.8. The third-order valence-electron chi connectivity index (χ3n) is 6.13. The van der Waals surface area contributed by atoms with E-state index < -0.39 is 5.82 Å². The molecule has 1 aromatic carbocycles. The van der Waals surface area contributed by atoms with E-state index in [1.807, 2.05) is 6.92 Å². The molecule has 2 aliphatic rings. The number of esters is 1. The summed E-state index contributed by atoms with van der Waals surface area (Å²) in [6.07, 6.45) is 9.46. The van der Waals surface area contributed by atoms with Crippen LogP contribution in [-0.4, -0.2) is 5.97 Å². The molecule has 2 aliphatic carbocycles. The number of aryl methyl sites for hydroxylation is 1. The molecule has 1 aromatic rings. The van der Waals surface area contributed by atoms with Gasteiger partial charge in [0.15, 0.2) is 11.6 Å². The predicted molar refractivity (Wildman–Crippen MR) is 97.6 cm³/mol. The van der Waals surface area contributed by atoms with E-state index in [-0.39, 0.29) is 20.5 Å². The molecule has 2 saturated carbocycles. The maximum atomic E-state index is 13.8. The highest BCUT2D eigenvalue weighted by molar-refractivity contribution is 5.75. The number of hydrogen-bond acceptors (Lipinski definition) is 2. The molecule has 2 fully saturated rings. The maximum Gasteiger partial charge on any atom is 0.314 e. The minimum atomic E-state index is -0.451. The molecule has 0 heterocycles. The van der Waals surface area contributed by atoms with E-state index in [9.17, 15) is 9.18 Å². The average Bonchev–Trinajstić information content (AvgIpc) is 2.58. The molecule has 2 nitrogen and oxygen atoms in total. The second-order valence-corrected chi connectivity index (χ2v) is 7.99. The van der Waals surface area contributed by atoms with Crippen LogP contribution in [0.4, 0.5) is 4.39 Å². The van der Waals surface area contributed by atoms with Gasteiger partial charge in [0, 0.05) is 2.85 Å². The van der Waals surface area contributed by atoms with Crippen LogP contribution in [0.1, 0.15) is 66.7 Å². The SMILES string of the molecule is Cc1ccc(OC(=O)C2CCC(C3CCC(C)CC3)CC2)c(F)c1.[HH].[HH]. The standard InChI is InChI=1S/C21H29FO2.2H2/c1-14-3-6-16(7-4-14)17-8-10-18(11-9-17)21(23)24-20-12-5-15(2)13-19(20)22;;/h5,12-14,16-18H,3-4,6-11H2,1-2H3;2*1H. The van der Waals surface area contributed by atoms with Gasteiger partial charge in [-0.25, -0.2) is 4.39 Å². The molecule has 0 unspecified atom stereocenters. The molecule has 136 valence electrons. The number of carbonyl (C=O) groups is 1. The smallest absolute Gasteiger partial charge is 0.314 e. The highest BCUT2D eigenvalue weighted by atomic mass is 19.1. The second-order valence-electron chi connectivity index (χ2n) is 7.99. The van der Waals surface area contributed by atoms with E-state index in [2.05, 4.69) is 6.92 Å². The summed E-state index contributed by atoms with van der Waals surface area (Å²) in [5.74, 6) is 1.81. The summed E-state index contributed by atoms with van der Waals surface area (Å²) in [4.78, 5) is 12.3. The summed E-state index contributed by atoms with van der Waals surface area (Å²) in [5.41, 5.74) is 0.828. The van der Waals surface area contributed by atoms with Crippen molar-refractivity contribution in [1.29, 1.82) is 0 Å². The summed E-state index contributed by atoms with van der Waals surface area (Å²) >= 11 is 0. The Kier molecular flexibility index (Phi) is 5.57. The second kappa shape index (κ2) is 7.67. The number of hydrogen-bond donors (Lipinski definition) is 0. The number of benzene rings is 1. The Labute approximate surface area is 147 Å². The summed E-state index contributed by atoms with van der Waals surface area (Å²) in [7, 11) is 0. The molecule has 0 bridgehead atoms. The number of rotatable bonds is 3. The van der Waals surface area contributed by atoms with Crippen LogP contribution in [0.15, 0.2) is 18.2 Å². The van der Waals surface area contributed by atoms with E-state index in [4.69, 9.17) is 4.74 Å². The zero-order valence-corrected chi connectivity index (χ0v) is 14.9. The van der Waals surface area contributed by atoms with Gasteiger partial charge in [-0.2, -0.15) is 0 Å². The van der Waals surface area contributed by atoms with Gasteiger partial charge in [-0.3, -0.25) is 4.79 Å². The van der Waals surface area contributed by atoms with Gasteiger partial charge in [0.25, 0.3) is 0 Å². The molecule has 3 rings (SSSR count). The number of halogens is 1. The third-order valence-corrected chi connectivity index (χ3v) is 6.13. The topological polar surface area (TPSA) is 26.3 Å². The zero-order valence-electron chi connectivity index (χ0n) is 14.9.